The zero-order valence-corrected chi connectivity index (χ0v) is 13.5. The average Bonchev–Trinajstić information content (AvgIpc) is 2.61. The Morgan fingerprint density at radius 2 is 1.70 bits per heavy atom. The van der Waals surface area contributed by atoms with Gasteiger partial charge < -0.3 is 14.8 Å². The number of carbonyl (C=O) groups is 1. The Balaban J connectivity index is 1.78. The molecule has 0 saturated heterocycles. The van der Waals surface area contributed by atoms with E-state index in [9.17, 15) is 4.79 Å². The third-order valence-electron chi connectivity index (χ3n) is 4.05. The number of amides is 1. The maximum absolute atomic E-state index is 12.6. The van der Waals surface area contributed by atoms with Crippen LogP contribution in [-0.2, 0) is 17.6 Å². The molecule has 1 amide bonds. The lowest BCUT2D eigenvalue weighted by Crippen LogP contribution is -2.40. The molecule has 0 saturated carbocycles. The van der Waals surface area contributed by atoms with Gasteiger partial charge in [-0.05, 0) is 36.1 Å². The topological polar surface area (TPSA) is 47.6 Å². The average molecular weight is 311 g/mol. The smallest absolute Gasteiger partial charge is 0.269 e. The molecule has 0 bridgehead atoms. The second-order valence-corrected chi connectivity index (χ2v) is 5.51. The highest BCUT2D eigenvalue weighted by molar-refractivity contribution is 5.96. The third kappa shape index (κ3) is 3.16. The van der Waals surface area contributed by atoms with E-state index in [1.165, 1.54) is 0 Å². The Labute approximate surface area is 136 Å². The zero-order chi connectivity index (χ0) is 16.2. The predicted molar refractivity (Wildman–Crippen MR) is 90.2 cm³/mol. The number of carbonyl (C=O) groups excluding carboxylic acids is 1. The van der Waals surface area contributed by atoms with E-state index in [1.807, 2.05) is 42.5 Å². The van der Waals surface area contributed by atoms with Crippen molar-refractivity contribution in [1.82, 2.24) is 0 Å². The van der Waals surface area contributed by atoms with Crippen molar-refractivity contribution < 1.29 is 14.3 Å². The normalized spacial score (nSPS) is 16.0. The van der Waals surface area contributed by atoms with Gasteiger partial charge in [-0.2, -0.15) is 0 Å². The minimum absolute atomic E-state index is 0.171. The summed E-state index contributed by atoms with van der Waals surface area (Å²) in [5.74, 6) is 1.12. The monoisotopic (exact) mass is 311 g/mol. The van der Waals surface area contributed by atoms with Crippen LogP contribution < -0.4 is 14.8 Å². The number of benzene rings is 2. The molecule has 1 N–H and O–H groups in total. The van der Waals surface area contributed by atoms with Crippen molar-refractivity contribution >= 4 is 11.6 Å². The van der Waals surface area contributed by atoms with Crippen LogP contribution in [0.25, 0.3) is 0 Å². The zero-order valence-electron chi connectivity index (χ0n) is 13.5. The summed E-state index contributed by atoms with van der Waals surface area (Å²) in [5.41, 5.74) is 3.18. The Bertz CT molecular complexity index is 689. The minimum Gasteiger partial charge on any atom is -0.485 e. The second-order valence-electron chi connectivity index (χ2n) is 5.51. The molecule has 23 heavy (non-hydrogen) atoms. The van der Waals surface area contributed by atoms with Gasteiger partial charge in [0.1, 0.15) is 6.61 Å². The molecule has 0 radical (unpaired) electrons. The molecule has 1 aliphatic rings. The summed E-state index contributed by atoms with van der Waals surface area (Å²) in [4.78, 5) is 12.6. The van der Waals surface area contributed by atoms with Crippen molar-refractivity contribution in [3.8, 4) is 11.5 Å². The number of nitrogens with one attached hydrogen (secondary N) is 1. The maximum Gasteiger partial charge on any atom is 0.269 e. The summed E-state index contributed by atoms with van der Waals surface area (Å²) < 4.78 is 11.4. The number of para-hydroxylation sites is 3. The quantitative estimate of drug-likeness (QED) is 0.938. The van der Waals surface area contributed by atoms with E-state index in [-0.39, 0.29) is 12.5 Å². The van der Waals surface area contributed by atoms with Gasteiger partial charge in [0.15, 0.2) is 11.5 Å². The first-order valence-corrected chi connectivity index (χ1v) is 8.03. The highest BCUT2D eigenvalue weighted by Crippen LogP contribution is 2.31. The van der Waals surface area contributed by atoms with E-state index in [2.05, 4.69) is 19.2 Å². The van der Waals surface area contributed by atoms with Gasteiger partial charge >= 0.3 is 0 Å². The van der Waals surface area contributed by atoms with E-state index in [0.717, 1.165) is 29.7 Å². The van der Waals surface area contributed by atoms with Gasteiger partial charge in [0.25, 0.3) is 5.91 Å². The number of fused-ring (bicyclic) bond motifs is 1. The summed E-state index contributed by atoms with van der Waals surface area (Å²) in [7, 11) is 0. The van der Waals surface area contributed by atoms with E-state index in [0.29, 0.717) is 11.5 Å². The Hall–Kier alpha value is -2.49. The lowest BCUT2D eigenvalue weighted by atomic mass is 10.0. The van der Waals surface area contributed by atoms with Gasteiger partial charge in [-0.3, -0.25) is 4.79 Å². The minimum atomic E-state index is -0.639. The molecule has 2 aromatic carbocycles. The molecule has 120 valence electrons. The van der Waals surface area contributed by atoms with Crippen molar-refractivity contribution in [2.75, 3.05) is 11.9 Å². The van der Waals surface area contributed by atoms with Gasteiger partial charge in [0.2, 0.25) is 6.10 Å². The van der Waals surface area contributed by atoms with E-state index in [4.69, 9.17) is 9.47 Å². The van der Waals surface area contributed by atoms with Crippen molar-refractivity contribution in [1.29, 1.82) is 0 Å². The first-order chi connectivity index (χ1) is 11.2. The second kappa shape index (κ2) is 6.73. The van der Waals surface area contributed by atoms with Gasteiger partial charge in [-0.25, -0.2) is 0 Å². The molecule has 1 atom stereocenters. The highest BCUT2D eigenvalue weighted by atomic mass is 16.6. The molecule has 1 aliphatic heterocycles. The Kier molecular flexibility index (Phi) is 4.51. The summed E-state index contributed by atoms with van der Waals surface area (Å²) in [6, 6.07) is 13.5. The molecule has 0 spiro atoms. The summed E-state index contributed by atoms with van der Waals surface area (Å²) >= 11 is 0. The lowest BCUT2D eigenvalue weighted by molar-refractivity contribution is -0.125. The van der Waals surface area contributed by atoms with Crippen LogP contribution >= 0.6 is 0 Å². The number of anilines is 1. The van der Waals surface area contributed by atoms with Gasteiger partial charge in [-0.1, -0.05) is 44.2 Å². The molecule has 0 fully saturated rings. The predicted octanol–water partition coefficient (Wildman–Crippen LogP) is 3.59. The van der Waals surface area contributed by atoms with Crippen LogP contribution in [0.15, 0.2) is 42.5 Å². The molecular formula is C19H21NO3. The van der Waals surface area contributed by atoms with Crippen molar-refractivity contribution in [2.24, 2.45) is 0 Å². The van der Waals surface area contributed by atoms with E-state index < -0.39 is 6.10 Å². The van der Waals surface area contributed by atoms with Crippen molar-refractivity contribution in [2.45, 2.75) is 32.8 Å². The van der Waals surface area contributed by atoms with E-state index >= 15 is 0 Å². The van der Waals surface area contributed by atoms with Crippen LogP contribution in [0.5, 0.6) is 11.5 Å². The first kappa shape index (κ1) is 15.4. The van der Waals surface area contributed by atoms with E-state index in [1.54, 1.807) is 0 Å². The number of rotatable bonds is 4. The fraction of sp³-hybridized carbons (Fsp3) is 0.316. The standard InChI is InChI=1S/C19H21NO3/c1-3-13-8-7-9-14(4-2)18(13)20-19(21)17-12-22-15-10-5-6-11-16(15)23-17/h5-11,17H,3-4,12H2,1-2H3,(H,20,21)/t17-/m1/s1. The van der Waals surface area contributed by atoms with Crippen molar-refractivity contribution in [3.05, 3.63) is 53.6 Å². The molecule has 3 rings (SSSR count). The van der Waals surface area contributed by atoms with Crippen LogP contribution in [0.1, 0.15) is 25.0 Å². The van der Waals surface area contributed by atoms with Gasteiger partial charge in [0.05, 0.1) is 0 Å². The number of aryl methyl sites for hydroxylation is 2. The number of hydrogen-bond donors (Lipinski definition) is 1. The fourth-order valence-electron chi connectivity index (χ4n) is 2.76. The Morgan fingerprint density at radius 3 is 2.35 bits per heavy atom. The molecule has 4 nitrogen and oxygen atoms in total. The molecular weight excluding hydrogens is 290 g/mol. The summed E-state index contributed by atoms with van der Waals surface area (Å²) in [6.07, 6.45) is 1.10. The number of ether oxygens (including phenoxy) is 2. The van der Waals surface area contributed by atoms with Gasteiger partial charge in [0, 0.05) is 5.69 Å². The van der Waals surface area contributed by atoms with Crippen LogP contribution in [-0.4, -0.2) is 18.6 Å². The third-order valence-corrected chi connectivity index (χ3v) is 4.05. The van der Waals surface area contributed by atoms with Crippen molar-refractivity contribution in [3.63, 3.8) is 0 Å². The lowest BCUT2D eigenvalue weighted by Gasteiger charge is -2.26. The van der Waals surface area contributed by atoms with Crippen LogP contribution in [0.3, 0.4) is 0 Å². The molecule has 0 aliphatic carbocycles. The summed E-state index contributed by atoms with van der Waals surface area (Å²) in [5, 5.41) is 3.04. The van der Waals surface area contributed by atoms with Crippen LogP contribution in [0.4, 0.5) is 5.69 Å². The summed E-state index contributed by atoms with van der Waals surface area (Å²) in [6.45, 7) is 4.39. The largest absolute Gasteiger partial charge is 0.485 e. The van der Waals surface area contributed by atoms with Gasteiger partial charge in [-0.15, -0.1) is 0 Å². The molecule has 4 heteroatoms. The first-order valence-electron chi connectivity index (χ1n) is 8.03. The molecule has 2 aromatic rings. The SMILES string of the molecule is CCc1cccc(CC)c1NC(=O)[C@H]1COc2ccccc2O1. The van der Waals surface area contributed by atoms with Crippen LogP contribution in [0.2, 0.25) is 0 Å². The highest BCUT2D eigenvalue weighted by Gasteiger charge is 2.28. The Morgan fingerprint density at radius 1 is 1.04 bits per heavy atom. The molecule has 0 aromatic heterocycles. The number of hydrogen-bond acceptors (Lipinski definition) is 3. The fourth-order valence-corrected chi connectivity index (χ4v) is 2.76. The maximum atomic E-state index is 12.6. The molecule has 0 unspecified atom stereocenters. The van der Waals surface area contributed by atoms with Crippen LogP contribution in [0, 0.1) is 0 Å². The molecule has 1 heterocycles.